The summed E-state index contributed by atoms with van der Waals surface area (Å²) in [5, 5.41) is 5.65. The molecule has 0 unspecified atom stereocenters. The topological polar surface area (TPSA) is 64.0 Å². The minimum atomic E-state index is -0.396. The van der Waals surface area contributed by atoms with Gasteiger partial charge in [-0.15, -0.1) is 11.3 Å². The van der Waals surface area contributed by atoms with Gasteiger partial charge in [-0.1, -0.05) is 48.2 Å². The molecule has 0 spiro atoms. The highest BCUT2D eigenvalue weighted by Crippen LogP contribution is 2.26. The molecule has 1 aromatic carbocycles. The van der Waals surface area contributed by atoms with Gasteiger partial charge in [0.15, 0.2) is 5.16 Å². The third-order valence-electron chi connectivity index (χ3n) is 4.04. The highest BCUT2D eigenvalue weighted by molar-refractivity contribution is 7.99. The molecule has 4 rings (SSSR count). The van der Waals surface area contributed by atoms with Crippen molar-refractivity contribution in [1.29, 1.82) is 0 Å². The summed E-state index contributed by atoms with van der Waals surface area (Å²) in [6, 6.07) is 13.4. The summed E-state index contributed by atoms with van der Waals surface area (Å²) in [4.78, 5) is 30.6. The van der Waals surface area contributed by atoms with E-state index in [1.165, 1.54) is 18.0 Å². The number of carbonyl (C=O) groups excluding carboxylic acids is 1. The van der Waals surface area contributed by atoms with Crippen LogP contribution >= 0.6 is 23.1 Å². The van der Waals surface area contributed by atoms with E-state index in [1.54, 1.807) is 15.9 Å². The van der Waals surface area contributed by atoms with E-state index >= 15 is 0 Å². The van der Waals surface area contributed by atoms with Crippen molar-refractivity contribution in [1.82, 2.24) is 14.9 Å². The van der Waals surface area contributed by atoms with Crippen LogP contribution in [0.3, 0.4) is 0 Å². The Morgan fingerprint density at radius 2 is 2.04 bits per heavy atom. The molecule has 0 bridgehead atoms. The maximum absolute atomic E-state index is 12.8. The number of rotatable bonds is 4. The van der Waals surface area contributed by atoms with Gasteiger partial charge in [-0.3, -0.25) is 14.2 Å². The van der Waals surface area contributed by atoms with Crippen LogP contribution in [0.2, 0.25) is 0 Å². The van der Waals surface area contributed by atoms with Crippen LogP contribution in [0.15, 0.2) is 64.0 Å². The molecule has 0 saturated heterocycles. The van der Waals surface area contributed by atoms with Gasteiger partial charge in [-0.05, 0) is 17.0 Å². The second-order valence-corrected chi connectivity index (χ2v) is 7.63. The van der Waals surface area contributed by atoms with Crippen molar-refractivity contribution < 1.29 is 4.79 Å². The number of benzene rings is 1. The molecule has 3 aromatic rings. The van der Waals surface area contributed by atoms with Crippen molar-refractivity contribution >= 4 is 29.0 Å². The maximum atomic E-state index is 12.8. The number of hydrogen-bond acceptors (Lipinski definition) is 5. The quantitative estimate of drug-likeness (QED) is 0.718. The molecule has 0 saturated carbocycles. The lowest BCUT2D eigenvalue weighted by atomic mass is 10.1. The third kappa shape index (κ3) is 3.12. The first kappa shape index (κ1) is 16.1. The number of fused-ring (bicyclic) bond motifs is 1. The van der Waals surface area contributed by atoms with E-state index in [0.29, 0.717) is 11.7 Å². The number of aromatic nitrogens is 2. The molecule has 1 aliphatic heterocycles. The average molecular weight is 369 g/mol. The zero-order valence-electron chi connectivity index (χ0n) is 13.2. The molecule has 1 N–H and O–H groups in total. The smallest absolute Gasteiger partial charge is 0.267 e. The van der Waals surface area contributed by atoms with Gasteiger partial charge in [0.05, 0.1) is 6.04 Å². The van der Waals surface area contributed by atoms with E-state index in [2.05, 4.69) is 10.3 Å². The van der Waals surface area contributed by atoms with Crippen LogP contribution in [0.5, 0.6) is 0 Å². The zero-order chi connectivity index (χ0) is 17.2. The van der Waals surface area contributed by atoms with Crippen molar-refractivity contribution in [3.8, 4) is 0 Å². The molecule has 3 heterocycles. The number of thiophene rings is 1. The van der Waals surface area contributed by atoms with Crippen molar-refractivity contribution in [2.24, 2.45) is 0 Å². The van der Waals surface area contributed by atoms with E-state index in [4.69, 9.17) is 0 Å². The second-order valence-electron chi connectivity index (χ2n) is 5.59. The molecule has 7 heteroatoms. The fourth-order valence-corrected chi connectivity index (χ4v) is 4.52. The van der Waals surface area contributed by atoms with Crippen LogP contribution in [-0.2, 0) is 6.54 Å². The predicted octanol–water partition coefficient (Wildman–Crippen LogP) is 2.93. The largest absolute Gasteiger partial charge is 0.340 e. The lowest BCUT2D eigenvalue weighted by molar-refractivity contribution is 0.0940. The summed E-state index contributed by atoms with van der Waals surface area (Å²) >= 11 is 3.10. The van der Waals surface area contributed by atoms with Crippen LogP contribution < -0.4 is 10.9 Å². The molecule has 0 fully saturated rings. The number of hydrogen-bond donors (Lipinski definition) is 1. The number of carbonyl (C=O) groups is 1. The predicted molar refractivity (Wildman–Crippen MR) is 99.3 cm³/mol. The summed E-state index contributed by atoms with van der Waals surface area (Å²) in [6.45, 7) is 0.597. The Morgan fingerprint density at radius 1 is 1.20 bits per heavy atom. The van der Waals surface area contributed by atoms with Gasteiger partial charge in [0.1, 0.15) is 5.56 Å². The molecule has 1 atom stereocenters. The molecule has 0 aliphatic carbocycles. The third-order valence-corrected chi connectivity index (χ3v) is 5.95. The van der Waals surface area contributed by atoms with Crippen LogP contribution in [0.4, 0.5) is 0 Å². The Kier molecular flexibility index (Phi) is 4.42. The normalized spacial score (nSPS) is 14.1. The molecule has 1 amide bonds. The Bertz CT molecular complexity index is 952. The Hall–Kier alpha value is -2.38. The van der Waals surface area contributed by atoms with Gasteiger partial charge in [-0.25, -0.2) is 4.98 Å². The van der Waals surface area contributed by atoms with Crippen molar-refractivity contribution in [2.75, 3.05) is 5.75 Å². The number of nitrogens with zero attached hydrogens (tertiary/aromatic N) is 2. The molecule has 5 nitrogen and oxygen atoms in total. The van der Waals surface area contributed by atoms with Crippen molar-refractivity contribution in [3.05, 3.63) is 80.4 Å². The van der Waals surface area contributed by atoms with Gasteiger partial charge in [0.25, 0.3) is 11.5 Å². The van der Waals surface area contributed by atoms with Gasteiger partial charge >= 0.3 is 0 Å². The monoisotopic (exact) mass is 369 g/mol. The number of amides is 1. The Morgan fingerprint density at radius 3 is 2.80 bits per heavy atom. The van der Waals surface area contributed by atoms with Crippen LogP contribution in [-0.4, -0.2) is 21.2 Å². The molecule has 2 aromatic heterocycles. The molecule has 25 heavy (non-hydrogen) atoms. The van der Waals surface area contributed by atoms with E-state index in [1.807, 2.05) is 47.8 Å². The van der Waals surface area contributed by atoms with Gasteiger partial charge < -0.3 is 5.32 Å². The molecule has 1 aliphatic rings. The van der Waals surface area contributed by atoms with Crippen LogP contribution in [0, 0.1) is 0 Å². The minimum absolute atomic E-state index is 0.0868. The first-order valence-corrected chi connectivity index (χ1v) is 9.72. The zero-order valence-corrected chi connectivity index (χ0v) is 14.8. The average Bonchev–Trinajstić information content (AvgIpc) is 3.32. The van der Waals surface area contributed by atoms with E-state index in [-0.39, 0.29) is 17.2 Å². The highest BCUT2D eigenvalue weighted by atomic mass is 32.2. The molecular formula is C18H15N3O2S2. The van der Waals surface area contributed by atoms with E-state index in [9.17, 15) is 9.59 Å². The van der Waals surface area contributed by atoms with Gasteiger partial charge in [-0.2, -0.15) is 0 Å². The SMILES string of the molecule is O=C(N[C@H](c1ccccc1)c1cccs1)c1cnc2n(c1=O)CCS2. The van der Waals surface area contributed by atoms with Crippen LogP contribution in [0.25, 0.3) is 0 Å². The fraction of sp³-hybridized carbons (Fsp3) is 0.167. The summed E-state index contributed by atoms with van der Waals surface area (Å²) in [5.74, 6) is 0.418. The second kappa shape index (κ2) is 6.85. The number of thioether (sulfide) groups is 1. The lowest BCUT2D eigenvalue weighted by Crippen LogP contribution is -2.35. The molecular weight excluding hydrogens is 354 g/mol. The Balaban J connectivity index is 1.67. The fourth-order valence-electron chi connectivity index (χ4n) is 2.80. The summed E-state index contributed by atoms with van der Waals surface area (Å²) in [5.41, 5.74) is 0.789. The first-order valence-electron chi connectivity index (χ1n) is 7.86. The van der Waals surface area contributed by atoms with Crippen LogP contribution in [0.1, 0.15) is 26.8 Å². The summed E-state index contributed by atoms with van der Waals surface area (Å²) < 4.78 is 1.57. The standard InChI is InChI=1S/C18H15N3O2S2/c22-16(13-11-19-18-21(17(13)23)8-10-25-18)20-15(14-7-4-9-24-14)12-5-2-1-3-6-12/h1-7,9,11,15H,8,10H2,(H,20,22)/t15-/m1/s1. The lowest BCUT2D eigenvalue weighted by Gasteiger charge is -2.18. The van der Waals surface area contributed by atoms with Gasteiger partial charge in [0, 0.05) is 23.4 Å². The maximum Gasteiger partial charge on any atom is 0.267 e. The summed E-state index contributed by atoms with van der Waals surface area (Å²) in [7, 11) is 0. The number of nitrogens with one attached hydrogen (secondary N) is 1. The molecule has 0 radical (unpaired) electrons. The highest BCUT2D eigenvalue weighted by Gasteiger charge is 2.23. The van der Waals surface area contributed by atoms with Crippen molar-refractivity contribution in [2.45, 2.75) is 17.7 Å². The summed E-state index contributed by atoms with van der Waals surface area (Å²) in [6.07, 6.45) is 1.39. The molecule has 126 valence electrons. The first-order chi connectivity index (χ1) is 12.2. The van der Waals surface area contributed by atoms with E-state index < -0.39 is 5.91 Å². The van der Waals surface area contributed by atoms with Gasteiger partial charge in [0.2, 0.25) is 0 Å². The van der Waals surface area contributed by atoms with Crippen molar-refractivity contribution in [3.63, 3.8) is 0 Å². The minimum Gasteiger partial charge on any atom is -0.340 e. The van der Waals surface area contributed by atoms with E-state index in [0.717, 1.165) is 16.2 Å². The Labute approximate surface area is 152 Å².